The first-order chi connectivity index (χ1) is 23.8. The Hall–Kier alpha value is -6.25. The van der Waals surface area contributed by atoms with Gasteiger partial charge in [0.05, 0.1) is 23.3 Å². The van der Waals surface area contributed by atoms with Gasteiger partial charge < -0.3 is 37.3 Å². The van der Waals surface area contributed by atoms with Crippen molar-refractivity contribution in [3.8, 4) is 45.6 Å². The zero-order chi connectivity index (χ0) is 34.2. The van der Waals surface area contributed by atoms with Crippen LogP contribution in [0.25, 0.3) is 89.7 Å². The molecule has 0 radical (unpaired) electrons. The molecule has 0 spiro atoms. The summed E-state index contributed by atoms with van der Waals surface area (Å²) in [6.07, 6.45) is 0. The molecule has 0 atom stereocenters. The third kappa shape index (κ3) is 6.70. The van der Waals surface area contributed by atoms with Crippen LogP contribution in [0.2, 0.25) is 0 Å². The maximum atomic E-state index is 8.25. The van der Waals surface area contributed by atoms with Crippen molar-refractivity contribution in [2.75, 3.05) is 0 Å². The Kier molecular flexibility index (Phi) is 13.2. The van der Waals surface area contributed by atoms with Crippen LogP contribution in [0.1, 0.15) is 41.5 Å². The molecule has 0 unspecified atom stereocenters. The zero-order valence-electron chi connectivity index (χ0n) is 29.0. The van der Waals surface area contributed by atoms with E-state index in [9.17, 15) is 0 Å². The van der Waals surface area contributed by atoms with Gasteiger partial charge in [-0.15, -0.1) is 0 Å². The molecule has 0 fully saturated rings. The monoisotopic (exact) mass is 938 g/mol. The molecule has 2 aliphatic rings. The van der Waals surface area contributed by atoms with Crippen molar-refractivity contribution < 1.29 is 23.7 Å². The van der Waals surface area contributed by atoms with Gasteiger partial charge in [-0.1, -0.05) is 139 Å². The number of hydrogen-bond donors (Lipinski definition) is 0. The van der Waals surface area contributed by atoms with Crippen molar-refractivity contribution in [2.24, 2.45) is 0 Å². The predicted molar refractivity (Wildman–Crippen MR) is 195 cm³/mol. The fraction of sp³-hybridized carbons (Fsp3) is 0.154. The van der Waals surface area contributed by atoms with Gasteiger partial charge in [0.25, 0.3) is 0 Å². The van der Waals surface area contributed by atoms with Crippen LogP contribution in [0.3, 0.4) is 0 Å². The molecular formula is C39H37FmN8OTi-3. The molecular weight excluding hydrogens is 901 g/mol. The molecule has 0 N–H and O–H groups in total. The van der Waals surface area contributed by atoms with Crippen LogP contribution < -0.4 is 9.97 Å². The summed E-state index contributed by atoms with van der Waals surface area (Å²) in [5, 5.41) is 3.57. The van der Waals surface area contributed by atoms with Gasteiger partial charge in [-0.05, 0) is 21.5 Å². The molecule has 8 bridgehead atoms. The summed E-state index contributed by atoms with van der Waals surface area (Å²) in [4.78, 5) is 39.3. The van der Waals surface area contributed by atoms with Gasteiger partial charge in [-0.3, -0.25) is 0 Å². The fourth-order valence-corrected chi connectivity index (χ4v) is 5.46. The molecule has 0 saturated carbocycles. The van der Waals surface area contributed by atoms with Gasteiger partial charge in [0.15, 0.2) is 0 Å². The minimum atomic E-state index is 0. The van der Waals surface area contributed by atoms with Crippen LogP contribution in [0.4, 0.5) is 0 Å². The standard InChI is InChI=1S/C32H16N8.3C2H6.CH3.Fm.O.Ti/c1-2-10-18-17(9-1)25-33-26(18)38-28-21-13-5-6-14-22(21)30(35-28)40-32-24-16-8-7-15-23(24)31(36-32)39-29-20-12-4-3-11-19(20)27(34-29)37-25;3*1-2;;;;/h1-16H;3*1-2H3;1H3;;;/q-2;;;;-1;;;. The summed E-state index contributed by atoms with van der Waals surface area (Å²) in [5.41, 5.74) is 5.78. The summed E-state index contributed by atoms with van der Waals surface area (Å²) in [6, 6.07) is 31.8. The Labute approximate surface area is 298 Å². The molecule has 11 heteroatoms. The first kappa shape index (κ1) is 38.2. The van der Waals surface area contributed by atoms with E-state index in [-0.39, 0.29) is 7.43 Å². The van der Waals surface area contributed by atoms with E-state index < -0.39 is 0 Å². The van der Waals surface area contributed by atoms with E-state index in [1.54, 1.807) is 0 Å². The van der Waals surface area contributed by atoms with E-state index in [2.05, 4.69) is 0 Å². The summed E-state index contributed by atoms with van der Waals surface area (Å²) in [6.45, 7) is 12.0. The van der Waals surface area contributed by atoms with E-state index in [1.807, 2.05) is 139 Å². The average molecular weight is 939 g/mol. The van der Waals surface area contributed by atoms with Crippen LogP contribution in [0.5, 0.6) is 0 Å². The Morgan fingerprint density at radius 1 is 0.380 bits per heavy atom. The van der Waals surface area contributed by atoms with Crippen LogP contribution in [-0.4, -0.2) is 29.9 Å². The molecule has 4 aromatic carbocycles. The second-order valence-electron chi connectivity index (χ2n) is 9.67. The van der Waals surface area contributed by atoms with Gasteiger partial charge in [-0.2, -0.15) is 0 Å². The Bertz CT molecular complexity index is 2070. The van der Waals surface area contributed by atoms with Crippen molar-refractivity contribution in [2.45, 2.75) is 41.5 Å². The molecule has 9 rings (SSSR count). The molecule has 0 saturated heterocycles. The maximum Gasteiger partial charge on any atom is 0.0927 e. The molecule has 2 aliphatic heterocycles. The summed E-state index contributed by atoms with van der Waals surface area (Å²) in [5.74, 6) is 2.21. The minimum Gasteiger partial charge on any atom is -0.357 e. The number of rotatable bonds is 0. The topological polar surface area (TPSA) is 123 Å². The number of fused-ring (bicyclic) bond motifs is 20. The molecule has 7 aromatic rings. The van der Waals surface area contributed by atoms with Crippen LogP contribution in [-0.2, 0) is 23.7 Å². The van der Waals surface area contributed by atoms with Crippen molar-refractivity contribution in [1.29, 1.82) is 0 Å². The van der Waals surface area contributed by atoms with E-state index >= 15 is 0 Å². The first-order valence-electron chi connectivity index (χ1n) is 16.1. The molecule has 258 valence electrons. The van der Waals surface area contributed by atoms with Gasteiger partial charge in [0.1, 0.15) is 0 Å². The largest absolute Gasteiger partial charge is 0.357 e. The van der Waals surface area contributed by atoms with Crippen LogP contribution in [0, 0.1) is 7.43 Å². The van der Waals surface area contributed by atoms with Gasteiger partial charge in [0.2, 0.25) is 0 Å². The second-order valence-corrected chi connectivity index (χ2v) is 9.67. The third-order valence-electron chi connectivity index (χ3n) is 7.33. The molecule has 9 nitrogen and oxygen atoms in total. The quantitative estimate of drug-likeness (QED) is 0.108. The van der Waals surface area contributed by atoms with Crippen molar-refractivity contribution in [1.82, 2.24) is 39.9 Å². The molecule has 0 amide bonds. The zero-order valence-corrected chi connectivity index (χ0v) is 33.0. The van der Waals surface area contributed by atoms with Gasteiger partial charge in [0, 0.05) is 44.8 Å². The van der Waals surface area contributed by atoms with E-state index in [0.717, 1.165) is 64.2 Å². The normalized spacial score (nSPS) is 10.0. The van der Waals surface area contributed by atoms with Crippen molar-refractivity contribution in [3.63, 3.8) is 0 Å². The number of hydrogen-bond acceptors (Lipinski definition) is 7. The van der Waals surface area contributed by atoms with E-state index in [0.29, 0.717) is 45.9 Å². The predicted octanol–water partition coefficient (Wildman–Crippen LogP) is 9.53. The minimum absolute atomic E-state index is 0. The smallest absolute Gasteiger partial charge is 0.0927 e. The van der Waals surface area contributed by atoms with Crippen LogP contribution >= 0.6 is 0 Å². The average Bonchev–Trinajstić information content (AvgIpc) is 3.91. The van der Waals surface area contributed by atoms with E-state index in [4.69, 9.17) is 43.2 Å². The summed E-state index contributed by atoms with van der Waals surface area (Å²) < 4.78 is 8.25. The first-order valence-corrected chi connectivity index (χ1v) is 16.7. The molecule has 0 aliphatic carbocycles. The van der Waals surface area contributed by atoms with E-state index in [1.165, 1.54) is 0 Å². The summed E-state index contributed by atoms with van der Waals surface area (Å²) in [7, 11) is 0. The molecule has 50 heavy (non-hydrogen) atoms. The number of nitrogens with zero attached hydrogens (tertiary/aromatic N) is 8. The number of aromatic nitrogens is 8. The van der Waals surface area contributed by atoms with Crippen molar-refractivity contribution >= 4 is 44.1 Å². The molecule has 5 heterocycles. The Morgan fingerprint density at radius 2 is 0.580 bits per heavy atom. The second kappa shape index (κ2) is 17.2. The Morgan fingerprint density at radius 3 is 0.800 bits per heavy atom. The fourth-order valence-electron chi connectivity index (χ4n) is 5.46. The summed E-state index contributed by atoms with van der Waals surface area (Å²) >= 11 is 0.750. The SMILES string of the molecule is CC.CC.CC.[CH3-].[Fm].[O]=[Ti].c1ccc2c(c1)-c1nc-2nc2[n-]c(nc3nc(nc4[n-]c(n1)c1ccccc41)-c1ccccc1-3)c1ccccc21. The van der Waals surface area contributed by atoms with Crippen LogP contribution in [0.15, 0.2) is 97.1 Å². The molecule has 3 aromatic heterocycles. The van der Waals surface area contributed by atoms with Crippen molar-refractivity contribution in [3.05, 3.63) is 104 Å². The third-order valence-corrected chi connectivity index (χ3v) is 7.33. The van der Waals surface area contributed by atoms with Gasteiger partial charge >= 0.3 is 23.7 Å². The Balaban J connectivity index is 0.000000635. The number of benzene rings is 4. The maximum absolute atomic E-state index is 8.25. The van der Waals surface area contributed by atoms with Gasteiger partial charge in [-0.25, -0.2) is 9.97 Å².